The first-order valence-corrected chi connectivity index (χ1v) is 4.25. The first-order chi connectivity index (χ1) is 5.34. The maximum absolute atomic E-state index is 5.47. The lowest BCUT2D eigenvalue weighted by Crippen LogP contribution is -2.12. The van der Waals surface area contributed by atoms with Gasteiger partial charge in [0.25, 0.3) is 0 Å². The molecule has 0 saturated heterocycles. The van der Waals surface area contributed by atoms with Gasteiger partial charge < -0.3 is 11.2 Å². The molecular weight excluding hydrogens is 162 g/mol. The second kappa shape index (κ2) is 4.20. The fourth-order valence-electron chi connectivity index (χ4n) is 0.580. The van der Waals surface area contributed by atoms with Gasteiger partial charge in [-0.2, -0.15) is 0 Å². The number of rotatable bonds is 4. The molecule has 1 rings (SSSR count). The lowest BCUT2D eigenvalue weighted by molar-refractivity contribution is 0.834. The van der Waals surface area contributed by atoms with E-state index < -0.39 is 0 Å². The smallest absolute Gasteiger partial charge is 0.209 e. The molecule has 0 aliphatic rings. The highest BCUT2D eigenvalue weighted by molar-refractivity contribution is 7.99. The van der Waals surface area contributed by atoms with Crippen molar-refractivity contribution in [2.24, 2.45) is 0 Å². The predicted octanol–water partition coefficient (Wildman–Crippen LogP) is -0.697. The van der Waals surface area contributed by atoms with Crippen LogP contribution >= 0.6 is 11.8 Å². The first kappa shape index (κ1) is 8.35. The van der Waals surface area contributed by atoms with Crippen molar-refractivity contribution in [3.63, 3.8) is 0 Å². The van der Waals surface area contributed by atoms with E-state index in [0.29, 0.717) is 0 Å². The van der Waals surface area contributed by atoms with Crippen LogP contribution in [-0.4, -0.2) is 34.2 Å². The molecule has 3 N–H and O–H groups in total. The highest BCUT2D eigenvalue weighted by Gasteiger charge is 1.99. The van der Waals surface area contributed by atoms with E-state index in [1.54, 1.807) is 11.8 Å². The average molecular weight is 173 g/mol. The minimum Gasteiger partial charge on any atom is -0.336 e. The lowest BCUT2D eigenvalue weighted by atomic mass is 10.8. The summed E-state index contributed by atoms with van der Waals surface area (Å²) in [6.45, 7) is 0.942. The Hall–Kier alpha value is -0.750. The SMILES string of the molecule is CNCCSc1nncn1N. The fourth-order valence-corrected chi connectivity index (χ4v) is 1.37. The number of aromatic nitrogens is 3. The van der Waals surface area contributed by atoms with Gasteiger partial charge in [0, 0.05) is 12.3 Å². The zero-order chi connectivity index (χ0) is 8.10. The summed E-state index contributed by atoms with van der Waals surface area (Å²) in [5, 5.41) is 11.2. The summed E-state index contributed by atoms with van der Waals surface area (Å²) in [5.41, 5.74) is 0. The summed E-state index contributed by atoms with van der Waals surface area (Å²) >= 11 is 1.58. The topological polar surface area (TPSA) is 68.8 Å². The molecule has 5 nitrogen and oxygen atoms in total. The van der Waals surface area contributed by atoms with Gasteiger partial charge in [0.15, 0.2) is 0 Å². The van der Waals surface area contributed by atoms with Crippen LogP contribution in [0.2, 0.25) is 0 Å². The van der Waals surface area contributed by atoms with Gasteiger partial charge in [0.1, 0.15) is 6.33 Å². The Balaban J connectivity index is 2.32. The molecule has 0 amide bonds. The van der Waals surface area contributed by atoms with E-state index in [9.17, 15) is 0 Å². The molecule has 1 aromatic rings. The van der Waals surface area contributed by atoms with Crippen molar-refractivity contribution in [1.82, 2.24) is 20.2 Å². The fraction of sp³-hybridized carbons (Fsp3) is 0.600. The van der Waals surface area contributed by atoms with E-state index in [1.807, 2.05) is 7.05 Å². The number of hydrogen-bond donors (Lipinski definition) is 2. The van der Waals surface area contributed by atoms with Gasteiger partial charge in [0.05, 0.1) is 0 Å². The molecule has 62 valence electrons. The van der Waals surface area contributed by atoms with Crippen molar-refractivity contribution in [3.05, 3.63) is 6.33 Å². The van der Waals surface area contributed by atoms with Crippen LogP contribution in [0.25, 0.3) is 0 Å². The van der Waals surface area contributed by atoms with E-state index in [1.165, 1.54) is 11.0 Å². The second-order valence-electron chi connectivity index (χ2n) is 1.97. The summed E-state index contributed by atoms with van der Waals surface area (Å²) in [6.07, 6.45) is 1.49. The van der Waals surface area contributed by atoms with Crippen LogP contribution in [0.5, 0.6) is 0 Å². The molecule has 0 aromatic carbocycles. The van der Waals surface area contributed by atoms with Crippen LogP contribution in [0.1, 0.15) is 0 Å². The third-order valence-corrected chi connectivity index (χ3v) is 2.08. The summed E-state index contributed by atoms with van der Waals surface area (Å²) in [5.74, 6) is 6.42. The van der Waals surface area contributed by atoms with E-state index >= 15 is 0 Å². The molecule has 1 aromatic heterocycles. The third kappa shape index (κ3) is 2.39. The van der Waals surface area contributed by atoms with Crippen molar-refractivity contribution in [2.45, 2.75) is 5.16 Å². The molecule has 11 heavy (non-hydrogen) atoms. The number of nitrogens with one attached hydrogen (secondary N) is 1. The van der Waals surface area contributed by atoms with E-state index in [2.05, 4.69) is 15.5 Å². The minimum atomic E-state index is 0.750. The molecule has 6 heteroatoms. The monoisotopic (exact) mass is 173 g/mol. The molecule has 0 spiro atoms. The number of hydrogen-bond acceptors (Lipinski definition) is 5. The molecular formula is C5H11N5S. The summed E-state index contributed by atoms with van der Waals surface area (Å²) in [7, 11) is 1.91. The number of nitrogen functional groups attached to an aromatic ring is 1. The zero-order valence-corrected chi connectivity index (χ0v) is 7.14. The molecule has 0 aliphatic carbocycles. The molecule has 0 aliphatic heterocycles. The van der Waals surface area contributed by atoms with Crippen LogP contribution in [0, 0.1) is 0 Å². The van der Waals surface area contributed by atoms with Gasteiger partial charge >= 0.3 is 0 Å². The Labute approximate surface area is 69.3 Å². The molecule has 0 unspecified atom stereocenters. The highest BCUT2D eigenvalue weighted by Crippen LogP contribution is 2.10. The number of thioether (sulfide) groups is 1. The quantitative estimate of drug-likeness (QED) is 0.358. The summed E-state index contributed by atoms with van der Waals surface area (Å²) < 4.78 is 1.42. The summed E-state index contributed by atoms with van der Waals surface area (Å²) in [6, 6.07) is 0. The molecule has 0 bridgehead atoms. The standard InChI is InChI=1S/C5H11N5S/c1-7-2-3-11-5-9-8-4-10(5)6/h4,7H,2-3,6H2,1H3. The van der Waals surface area contributed by atoms with Crippen LogP contribution in [-0.2, 0) is 0 Å². The van der Waals surface area contributed by atoms with Gasteiger partial charge in [-0.25, -0.2) is 4.68 Å². The largest absolute Gasteiger partial charge is 0.336 e. The van der Waals surface area contributed by atoms with E-state index in [4.69, 9.17) is 5.84 Å². The Kier molecular flexibility index (Phi) is 3.18. The van der Waals surface area contributed by atoms with Crippen LogP contribution < -0.4 is 11.2 Å². The maximum atomic E-state index is 5.47. The third-order valence-electron chi connectivity index (χ3n) is 1.12. The van der Waals surface area contributed by atoms with Gasteiger partial charge in [0.2, 0.25) is 5.16 Å². The van der Waals surface area contributed by atoms with Crippen molar-refractivity contribution >= 4 is 11.8 Å². The van der Waals surface area contributed by atoms with Crippen molar-refractivity contribution in [3.8, 4) is 0 Å². The second-order valence-corrected chi connectivity index (χ2v) is 3.03. The lowest BCUT2D eigenvalue weighted by Gasteiger charge is -1.98. The zero-order valence-electron chi connectivity index (χ0n) is 6.32. The first-order valence-electron chi connectivity index (χ1n) is 3.27. The van der Waals surface area contributed by atoms with Crippen molar-refractivity contribution < 1.29 is 0 Å². The Bertz CT molecular complexity index is 210. The average Bonchev–Trinajstić information content (AvgIpc) is 2.37. The Morgan fingerprint density at radius 3 is 3.18 bits per heavy atom. The van der Waals surface area contributed by atoms with Crippen LogP contribution in [0.15, 0.2) is 11.5 Å². The van der Waals surface area contributed by atoms with Gasteiger partial charge in [-0.1, -0.05) is 11.8 Å². The Morgan fingerprint density at radius 1 is 1.82 bits per heavy atom. The number of nitrogens with zero attached hydrogens (tertiary/aromatic N) is 3. The Morgan fingerprint density at radius 2 is 2.64 bits per heavy atom. The predicted molar refractivity (Wildman–Crippen MR) is 44.8 cm³/mol. The van der Waals surface area contributed by atoms with Gasteiger partial charge in [-0.05, 0) is 7.05 Å². The van der Waals surface area contributed by atoms with E-state index in [0.717, 1.165) is 17.5 Å². The highest BCUT2D eigenvalue weighted by atomic mass is 32.2. The van der Waals surface area contributed by atoms with Crippen LogP contribution in [0.3, 0.4) is 0 Å². The van der Waals surface area contributed by atoms with E-state index in [-0.39, 0.29) is 0 Å². The molecule has 0 fully saturated rings. The number of nitrogens with two attached hydrogens (primary N) is 1. The molecule has 0 saturated carbocycles. The van der Waals surface area contributed by atoms with Crippen LogP contribution in [0.4, 0.5) is 0 Å². The van der Waals surface area contributed by atoms with Crippen molar-refractivity contribution in [1.29, 1.82) is 0 Å². The maximum Gasteiger partial charge on any atom is 0.209 e. The molecule has 1 heterocycles. The molecule has 0 radical (unpaired) electrons. The summed E-state index contributed by atoms with van der Waals surface area (Å²) in [4.78, 5) is 0. The normalized spacial score (nSPS) is 10.3. The van der Waals surface area contributed by atoms with Gasteiger partial charge in [-0.15, -0.1) is 10.2 Å². The van der Waals surface area contributed by atoms with Gasteiger partial charge in [-0.3, -0.25) is 0 Å². The van der Waals surface area contributed by atoms with Crippen molar-refractivity contribution in [2.75, 3.05) is 25.2 Å². The molecule has 0 atom stereocenters. The minimum absolute atomic E-state index is 0.750.